The molecule has 0 aliphatic heterocycles. The van der Waals surface area contributed by atoms with Gasteiger partial charge in [0.25, 0.3) is 5.92 Å². The van der Waals surface area contributed by atoms with Crippen LogP contribution in [0.15, 0.2) is 0 Å². The molecular weight excluding hydrogens is 186 g/mol. The zero-order valence-corrected chi connectivity index (χ0v) is 8.43. The maximum atomic E-state index is 13.5. The van der Waals surface area contributed by atoms with Gasteiger partial charge in [0.1, 0.15) is 5.78 Å². The number of ketones is 1. The van der Waals surface area contributed by atoms with Crippen molar-refractivity contribution in [2.75, 3.05) is 0 Å². The van der Waals surface area contributed by atoms with Crippen molar-refractivity contribution < 1.29 is 13.6 Å². The number of carbonyl (C=O) groups is 1. The third-order valence-electron chi connectivity index (χ3n) is 3.83. The second-order valence-electron chi connectivity index (χ2n) is 4.62. The molecule has 0 radical (unpaired) electrons. The van der Waals surface area contributed by atoms with E-state index in [9.17, 15) is 13.6 Å². The molecule has 2 aliphatic rings. The average Bonchev–Trinajstić information content (AvgIpc) is 2.59. The molecule has 80 valence electrons. The molecule has 0 heterocycles. The van der Waals surface area contributed by atoms with Crippen molar-refractivity contribution in [2.24, 2.45) is 17.8 Å². The number of hydrogen-bond donors (Lipinski definition) is 0. The Morgan fingerprint density at radius 2 is 2.14 bits per heavy atom. The second kappa shape index (κ2) is 3.28. The Kier molecular flexibility index (Phi) is 2.36. The molecule has 0 aromatic rings. The highest BCUT2D eigenvalue weighted by Gasteiger charge is 2.58. The summed E-state index contributed by atoms with van der Waals surface area (Å²) >= 11 is 0. The van der Waals surface area contributed by atoms with E-state index in [4.69, 9.17) is 0 Å². The molecule has 3 atom stereocenters. The van der Waals surface area contributed by atoms with E-state index in [-0.39, 0.29) is 30.5 Å². The van der Waals surface area contributed by atoms with Gasteiger partial charge in [-0.05, 0) is 24.7 Å². The molecule has 0 N–H and O–H groups in total. The zero-order valence-electron chi connectivity index (χ0n) is 8.43. The second-order valence-corrected chi connectivity index (χ2v) is 4.62. The fourth-order valence-electron chi connectivity index (χ4n) is 3.24. The predicted octanol–water partition coefficient (Wildman–Crippen LogP) is 3.04. The third kappa shape index (κ3) is 1.37. The topological polar surface area (TPSA) is 17.1 Å². The summed E-state index contributed by atoms with van der Waals surface area (Å²) in [7, 11) is 0. The summed E-state index contributed by atoms with van der Waals surface area (Å²) in [4.78, 5) is 11.5. The van der Waals surface area contributed by atoms with Crippen molar-refractivity contribution in [3.05, 3.63) is 0 Å². The van der Waals surface area contributed by atoms with Gasteiger partial charge in [-0.2, -0.15) is 0 Å². The van der Waals surface area contributed by atoms with Crippen LogP contribution < -0.4 is 0 Å². The van der Waals surface area contributed by atoms with E-state index in [0.29, 0.717) is 0 Å². The number of carbonyl (C=O) groups excluding carboxylic acids is 1. The van der Waals surface area contributed by atoms with E-state index in [0.717, 1.165) is 19.3 Å². The van der Waals surface area contributed by atoms with Gasteiger partial charge < -0.3 is 0 Å². The fourth-order valence-corrected chi connectivity index (χ4v) is 3.24. The molecule has 0 bridgehead atoms. The molecule has 0 spiro atoms. The summed E-state index contributed by atoms with van der Waals surface area (Å²) in [5, 5.41) is 0. The van der Waals surface area contributed by atoms with Crippen molar-refractivity contribution in [3.63, 3.8) is 0 Å². The number of Topliss-reactive ketones (excluding diaryl/α,β-unsaturated/α-hetero) is 1. The number of fused-ring (bicyclic) bond motifs is 1. The fraction of sp³-hybridized carbons (Fsp3) is 0.909. The Labute approximate surface area is 82.9 Å². The van der Waals surface area contributed by atoms with Crippen molar-refractivity contribution in [3.8, 4) is 0 Å². The number of hydrogen-bond acceptors (Lipinski definition) is 1. The lowest BCUT2D eigenvalue weighted by Crippen LogP contribution is -2.32. The molecule has 3 unspecified atom stereocenters. The van der Waals surface area contributed by atoms with E-state index in [1.165, 1.54) is 0 Å². The van der Waals surface area contributed by atoms with Crippen molar-refractivity contribution in [2.45, 2.75) is 45.0 Å². The third-order valence-corrected chi connectivity index (χ3v) is 3.83. The van der Waals surface area contributed by atoms with Crippen LogP contribution >= 0.6 is 0 Å². The van der Waals surface area contributed by atoms with Gasteiger partial charge in [-0.15, -0.1) is 0 Å². The first kappa shape index (κ1) is 10.1. The maximum Gasteiger partial charge on any atom is 0.258 e. The Balaban J connectivity index is 2.22. The quantitative estimate of drug-likeness (QED) is 0.672. The molecule has 14 heavy (non-hydrogen) atoms. The number of alkyl halides is 2. The van der Waals surface area contributed by atoms with Gasteiger partial charge in [-0.3, -0.25) is 4.79 Å². The summed E-state index contributed by atoms with van der Waals surface area (Å²) in [5.41, 5.74) is 0. The van der Waals surface area contributed by atoms with Crippen LogP contribution in [0.3, 0.4) is 0 Å². The van der Waals surface area contributed by atoms with Gasteiger partial charge in [0.15, 0.2) is 0 Å². The van der Waals surface area contributed by atoms with Gasteiger partial charge in [-0.1, -0.05) is 13.3 Å². The lowest BCUT2D eigenvalue weighted by Gasteiger charge is -2.21. The van der Waals surface area contributed by atoms with E-state index in [1.807, 2.05) is 0 Å². The molecule has 0 amide bonds. The molecule has 0 aromatic carbocycles. The molecule has 0 saturated heterocycles. The normalized spacial score (nSPS) is 39.8. The van der Waals surface area contributed by atoms with Crippen LogP contribution in [-0.4, -0.2) is 11.7 Å². The number of halogens is 2. The molecule has 3 heteroatoms. The monoisotopic (exact) mass is 202 g/mol. The molecule has 2 aliphatic carbocycles. The molecule has 2 saturated carbocycles. The lowest BCUT2D eigenvalue weighted by atomic mass is 9.86. The molecule has 0 aromatic heterocycles. The first-order valence-electron chi connectivity index (χ1n) is 5.47. The summed E-state index contributed by atoms with van der Waals surface area (Å²) in [6.45, 7) is 1.68. The standard InChI is InChI=1S/C11H16F2O/c1-2-9(14)10-8-5-3-4-7(8)6-11(10,12)13/h7-8,10H,2-6H2,1H3. The molecule has 1 nitrogen and oxygen atoms in total. The van der Waals surface area contributed by atoms with E-state index in [2.05, 4.69) is 0 Å². The first-order chi connectivity index (χ1) is 6.56. The van der Waals surface area contributed by atoms with E-state index >= 15 is 0 Å². The van der Waals surface area contributed by atoms with Gasteiger partial charge >= 0.3 is 0 Å². The molecule has 2 rings (SSSR count). The molecular formula is C11H16F2O. The van der Waals surface area contributed by atoms with Crippen LogP contribution in [0, 0.1) is 17.8 Å². The van der Waals surface area contributed by atoms with Crippen LogP contribution in [0.1, 0.15) is 39.0 Å². The van der Waals surface area contributed by atoms with E-state index < -0.39 is 11.8 Å². The summed E-state index contributed by atoms with van der Waals surface area (Å²) in [6, 6.07) is 0. The highest BCUT2D eigenvalue weighted by molar-refractivity contribution is 5.82. The van der Waals surface area contributed by atoms with Gasteiger partial charge in [0.2, 0.25) is 0 Å². The van der Waals surface area contributed by atoms with Crippen LogP contribution in [0.4, 0.5) is 8.78 Å². The van der Waals surface area contributed by atoms with Gasteiger partial charge in [0, 0.05) is 12.8 Å². The summed E-state index contributed by atoms with van der Waals surface area (Å²) < 4.78 is 27.1. The van der Waals surface area contributed by atoms with Crippen LogP contribution in [0.2, 0.25) is 0 Å². The Hall–Kier alpha value is -0.470. The van der Waals surface area contributed by atoms with Crippen molar-refractivity contribution in [1.82, 2.24) is 0 Å². The minimum atomic E-state index is -2.72. The number of rotatable bonds is 2. The van der Waals surface area contributed by atoms with Crippen LogP contribution in [-0.2, 0) is 4.79 Å². The van der Waals surface area contributed by atoms with Gasteiger partial charge in [-0.25, -0.2) is 8.78 Å². The minimum absolute atomic E-state index is 0.0163. The summed E-state index contributed by atoms with van der Waals surface area (Å²) in [6.07, 6.45) is 2.96. The average molecular weight is 202 g/mol. The highest BCUT2D eigenvalue weighted by Crippen LogP contribution is 2.55. The smallest absolute Gasteiger partial charge is 0.258 e. The highest BCUT2D eigenvalue weighted by atomic mass is 19.3. The maximum absolute atomic E-state index is 13.5. The summed E-state index contributed by atoms with van der Waals surface area (Å²) in [5.74, 6) is -3.81. The van der Waals surface area contributed by atoms with Crippen molar-refractivity contribution in [1.29, 1.82) is 0 Å². The minimum Gasteiger partial charge on any atom is -0.299 e. The first-order valence-corrected chi connectivity index (χ1v) is 5.47. The van der Waals surface area contributed by atoms with Crippen LogP contribution in [0.25, 0.3) is 0 Å². The zero-order chi connectivity index (χ0) is 10.3. The Morgan fingerprint density at radius 3 is 2.79 bits per heavy atom. The lowest BCUT2D eigenvalue weighted by molar-refractivity contribution is -0.136. The Bertz CT molecular complexity index is 250. The SMILES string of the molecule is CCC(=O)C1C2CCCC2CC1(F)F. The van der Waals surface area contributed by atoms with Gasteiger partial charge in [0.05, 0.1) is 5.92 Å². The van der Waals surface area contributed by atoms with Crippen LogP contribution in [0.5, 0.6) is 0 Å². The predicted molar refractivity (Wildman–Crippen MR) is 49.2 cm³/mol. The van der Waals surface area contributed by atoms with Crippen molar-refractivity contribution >= 4 is 5.78 Å². The largest absolute Gasteiger partial charge is 0.299 e. The Morgan fingerprint density at radius 1 is 1.43 bits per heavy atom. The van der Waals surface area contributed by atoms with E-state index in [1.54, 1.807) is 6.92 Å². The molecule has 2 fully saturated rings.